The number of fused-ring (bicyclic) bond motifs is 2. The highest BCUT2D eigenvalue weighted by Crippen LogP contribution is 2.39. The molecule has 16 heavy (non-hydrogen) atoms. The van der Waals surface area contributed by atoms with E-state index in [2.05, 4.69) is 20.9 Å². The summed E-state index contributed by atoms with van der Waals surface area (Å²) < 4.78 is 0.958. The third kappa shape index (κ3) is 1.47. The molecule has 4 heteroatoms. The highest BCUT2D eigenvalue weighted by molar-refractivity contribution is 9.10. The van der Waals surface area contributed by atoms with Crippen LogP contribution in [0.4, 0.5) is 0 Å². The molecule has 0 bridgehead atoms. The van der Waals surface area contributed by atoms with Gasteiger partial charge in [0.2, 0.25) is 0 Å². The molecular formula is C12H8BrCl2N. The molecule has 1 aromatic heterocycles. The van der Waals surface area contributed by atoms with Crippen LogP contribution in [0.15, 0.2) is 16.6 Å². The number of halogens is 3. The highest BCUT2D eigenvalue weighted by atomic mass is 79.9. The Morgan fingerprint density at radius 3 is 2.81 bits per heavy atom. The Morgan fingerprint density at radius 1 is 1.19 bits per heavy atom. The molecule has 0 fully saturated rings. The monoisotopic (exact) mass is 315 g/mol. The number of hydrogen-bond acceptors (Lipinski definition) is 1. The first-order valence-corrected chi connectivity index (χ1v) is 6.68. The van der Waals surface area contributed by atoms with Crippen LogP contribution in [0.1, 0.15) is 17.7 Å². The highest BCUT2D eigenvalue weighted by Gasteiger charge is 2.20. The molecule has 0 radical (unpaired) electrons. The first-order valence-electron chi connectivity index (χ1n) is 5.13. The molecule has 0 atom stereocenters. The maximum atomic E-state index is 6.44. The van der Waals surface area contributed by atoms with Gasteiger partial charge in [-0.15, -0.1) is 0 Å². The van der Waals surface area contributed by atoms with Crippen molar-refractivity contribution in [2.24, 2.45) is 0 Å². The molecule has 0 amide bonds. The Morgan fingerprint density at radius 2 is 2.00 bits per heavy atom. The lowest BCUT2D eigenvalue weighted by Gasteiger charge is -2.09. The maximum Gasteiger partial charge on any atom is 0.0918 e. The average Bonchev–Trinajstić information content (AvgIpc) is 2.72. The lowest BCUT2D eigenvalue weighted by molar-refractivity contribution is 0.901. The number of nitrogens with zero attached hydrogens (tertiary/aromatic N) is 1. The molecule has 0 unspecified atom stereocenters. The summed E-state index contributed by atoms with van der Waals surface area (Å²) in [6.07, 6.45) is 3.16. The van der Waals surface area contributed by atoms with Crippen molar-refractivity contribution in [3.05, 3.63) is 37.9 Å². The van der Waals surface area contributed by atoms with Gasteiger partial charge in [-0.25, -0.2) is 0 Å². The van der Waals surface area contributed by atoms with Gasteiger partial charge in [-0.05, 0) is 37.0 Å². The minimum atomic E-state index is 0.662. The summed E-state index contributed by atoms with van der Waals surface area (Å²) in [5.74, 6) is 0. The number of aryl methyl sites for hydroxylation is 1. The van der Waals surface area contributed by atoms with Crippen molar-refractivity contribution < 1.29 is 0 Å². The largest absolute Gasteiger partial charge is 0.251 e. The van der Waals surface area contributed by atoms with Crippen LogP contribution in [0.5, 0.6) is 0 Å². The van der Waals surface area contributed by atoms with Gasteiger partial charge in [-0.2, -0.15) is 0 Å². The van der Waals surface area contributed by atoms with Crippen molar-refractivity contribution in [1.82, 2.24) is 4.98 Å². The third-order valence-electron chi connectivity index (χ3n) is 3.00. The number of pyridine rings is 1. The molecular weight excluding hydrogens is 309 g/mol. The molecule has 1 heterocycles. The Balaban J connectivity index is 2.50. The summed E-state index contributed by atoms with van der Waals surface area (Å²) in [7, 11) is 0. The van der Waals surface area contributed by atoms with Gasteiger partial charge in [0.1, 0.15) is 0 Å². The van der Waals surface area contributed by atoms with Gasteiger partial charge in [-0.3, -0.25) is 4.98 Å². The van der Waals surface area contributed by atoms with Crippen molar-refractivity contribution in [1.29, 1.82) is 0 Å². The van der Waals surface area contributed by atoms with E-state index in [9.17, 15) is 0 Å². The summed E-state index contributed by atoms with van der Waals surface area (Å²) in [4.78, 5) is 4.63. The van der Waals surface area contributed by atoms with Crippen molar-refractivity contribution >= 4 is 50.0 Å². The lowest BCUT2D eigenvalue weighted by atomic mass is 10.1. The van der Waals surface area contributed by atoms with E-state index in [1.54, 1.807) is 0 Å². The topological polar surface area (TPSA) is 12.9 Å². The lowest BCUT2D eigenvalue weighted by Crippen LogP contribution is -1.93. The van der Waals surface area contributed by atoms with E-state index in [1.807, 2.05) is 12.1 Å². The van der Waals surface area contributed by atoms with Crippen LogP contribution in [0.25, 0.3) is 10.9 Å². The minimum Gasteiger partial charge on any atom is -0.251 e. The quantitative estimate of drug-likeness (QED) is 0.680. The Bertz CT molecular complexity index is 595. The second-order valence-corrected chi connectivity index (χ2v) is 5.60. The molecule has 0 saturated carbocycles. The molecule has 82 valence electrons. The fraction of sp³-hybridized carbons (Fsp3) is 0.250. The van der Waals surface area contributed by atoms with Gasteiger partial charge in [0.25, 0.3) is 0 Å². The molecule has 1 aromatic carbocycles. The number of benzene rings is 1. The van der Waals surface area contributed by atoms with Gasteiger partial charge in [-0.1, -0.05) is 39.1 Å². The zero-order valence-corrected chi connectivity index (χ0v) is 11.5. The van der Waals surface area contributed by atoms with Crippen LogP contribution in [0.2, 0.25) is 10.0 Å². The zero-order valence-electron chi connectivity index (χ0n) is 8.36. The second-order valence-electron chi connectivity index (χ2n) is 3.96. The summed E-state index contributed by atoms with van der Waals surface area (Å²) in [6, 6.07) is 3.76. The van der Waals surface area contributed by atoms with Gasteiger partial charge < -0.3 is 0 Å². The summed E-state index contributed by atoms with van der Waals surface area (Å²) in [5, 5.41) is 2.41. The van der Waals surface area contributed by atoms with Gasteiger partial charge in [0.05, 0.1) is 15.6 Å². The number of hydrogen-bond donors (Lipinski definition) is 0. The summed E-state index contributed by atoms with van der Waals surface area (Å²) in [5.41, 5.74) is 3.11. The van der Waals surface area contributed by atoms with Crippen LogP contribution in [-0.4, -0.2) is 4.98 Å². The normalized spacial score (nSPS) is 14.4. The molecule has 1 aliphatic rings. The Labute approximate surface area is 112 Å². The summed E-state index contributed by atoms with van der Waals surface area (Å²) in [6.45, 7) is 0. The smallest absolute Gasteiger partial charge is 0.0918 e. The minimum absolute atomic E-state index is 0.662. The predicted molar refractivity (Wildman–Crippen MR) is 71.5 cm³/mol. The van der Waals surface area contributed by atoms with Gasteiger partial charge in [0.15, 0.2) is 0 Å². The van der Waals surface area contributed by atoms with Crippen molar-refractivity contribution in [2.45, 2.75) is 19.3 Å². The van der Waals surface area contributed by atoms with E-state index >= 15 is 0 Å². The van der Waals surface area contributed by atoms with E-state index in [0.29, 0.717) is 5.02 Å². The Hall–Kier alpha value is -0.310. The van der Waals surface area contributed by atoms with Crippen molar-refractivity contribution in [3.63, 3.8) is 0 Å². The first-order chi connectivity index (χ1) is 7.68. The van der Waals surface area contributed by atoms with Crippen LogP contribution in [0, 0.1) is 0 Å². The van der Waals surface area contributed by atoms with Crippen LogP contribution >= 0.6 is 39.1 Å². The fourth-order valence-electron chi connectivity index (χ4n) is 2.23. The SMILES string of the molecule is Clc1ccc(Br)c2c(Cl)c3c(nc12)CCC3. The average molecular weight is 317 g/mol. The van der Waals surface area contributed by atoms with E-state index in [0.717, 1.165) is 45.4 Å². The van der Waals surface area contributed by atoms with Gasteiger partial charge >= 0.3 is 0 Å². The molecule has 3 rings (SSSR count). The standard InChI is InChI=1S/C12H8BrCl2N/c13-7-4-5-8(14)12-10(7)11(15)6-2-1-3-9(6)16-12/h4-5H,1-3H2. The van der Waals surface area contributed by atoms with Gasteiger partial charge in [0, 0.05) is 15.6 Å². The van der Waals surface area contributed by atoms with Crippen LogP contribution < -0.4 is 0 Å². The molecule has 1 aliphatic carbocycles. The molecule has 0 spiro atoms. The predicted octanol–water partition coefficient (Wildman–Crippen LogP) is 4.79. The van der Waals surface area contributed by atoms with E-state index in [-0.39, 0.29) is 0 Å². The van der Waals surface area contributed by atoms with E-state index in [1.165, 1.54) is 5.56 Å². The first kappa shape index (κ1) is 10.8. The maximum absolute atomic E-state index is 6.44. The molecule has 1 nitrogen and oxygen atoms in total. The number of rotatable bonds is 0. The van der Waals surface area contributed by atoms with Crippen molar-refractivity contribution in [3.8, 4) is 0 Å². The Kier molecular flexibility index (Phi) is 2.61. The molecule has 0 saturated heterocycles. The molecule has 2 aromatic rings. The van der Waals surface area contributed by atoms with E-state index < -0.39 is 0 Å². The molecule has 0 aliphatic heterocycles. The van der Waals surface area contributed by atoms with Crippen LogP contribution in [0.3, 0.4) is 0 Å². The summed E-state index contributed by atoms with van der Waals surface area (Å²) >= 11 is 16.1. The fourth-order valence-corrected chi connectivity index (χ4v) is 3.46. The number of aromatic nitrogens is 1. The van der Waals surface area contributed by atoms with Crippen LogP contribution in [-0.2, 0) is 12.8 Å². The van der Waals surface area contributed by atoms with E-state index in [4.69, 9.17) is 23.2 Å². The zero-order chi connectivity index (χ0) is 11.3. The van der Waals surface area contributed by atoms with Crippen molar-refractivity contribution in [2.75, 3.05) is 0 Å². The molecule has 0 N–H and O–H groups in total. The third-order valence-corrected chi connectivity index (χ3v) is 4.38. The second kappa shape index (κ2) is 3.86.